The lowest BCUT2D eigenvalue weighted by molar-refractivity contribution is -0.133. The molecule has 17 nitrogen and oxygen atoms in total. The number of hydrogen-bond acceptors (Lipinski definition) is 15. The van der Waals surface area contributed by atoms with Gasteiger partial charge in [-0.15, -0.1) is 22.7 Å². The summed E-state index contributed by atoms with van der Waals surface area (Å²) >= 11 is 3.37. The van der Waals surface area contributed by atoms with Gasteiger partial charge >= 0.3 is 34.9 Å². The Kier molecular flexibility index (Phi) is 18.1. The molecule has 0 bridgehead atoms. The van der Waals surface area contributed by atoms with Crippen molar-refractivity contribution in [1.82, 2.24) is 29.6 Å². The van der Waals surface area contributed by atoms with Crippen LogP contribution in [0.5, 0.6) is 0 Å². The van der Waals surface area contributed by atoms with Gasteiger partial charge in [0.2, 0.25) is 17.7 Å². The number of fused-ring (bicyclic) bond motifs is 2. The average Bonchev–Trinajstić information content (AvgIpc) is 4.12. The van der Waals surface area contributed by atoms with Gasteiger partial charge in [-0.05, 0) is 143 Å². The topological polar surface area (TPSA) is 187 Å². The molecule has 0 saturated carbocycles. The van der Waals surface area contributed by atoms with Gasteiger partial charge in [0, 0.05) is 70.5 Å². The van der Waals surface area contributed by atoms with Crippen LogP contribution in [0.25, 0.3) is 26.1 Å². The minimum atomic E-state index is -5.84. The molecule has 2 aromatic heterocycles. The molecule has 0 spiro atoms. The molecule has 9 rings (SSSR count). The van der Waals surface area contributed by atoms with Gasteiger partial charge in [-0.3, -0.25) is 14.5 Å². The molecule has 4 amide bonds. The highest BCUT2D eigenvalue weighted by Crippen LogP contribution is 2.40. The fraction of sp³-hybridized carbons (Fsp3) is 0.600. The third-order valence-corrected chi connectivity index (χ3v) is 17.7. The van der Waals surface area contributed by atoms with Crippen molar-refractivity contribution in [2.24, 2.45) is 11.8 Å². The van der Waals surface area contributed by atoms with Gasteiger partial charge in [0.15, 0.2) is 0 Å². The lowest BCUT2D eigenvalue weighted by atomic mass is 9.79. The van der Waals surface area contributed by atoms with Crippen LogP contribution in [0.4, 0.5) is 22.8 Å². The van der Waals surface area contributed by atoms with E-state index in [0.717, 1.165) is 90.5 Å². The minimum absolute atomic E-state index is 0.00583. The van der Waals surface area contributed by atoms with E-state index in [1.54, 1.807) is 65.1 Å². The van der Waals surface area contributed by atoms with E-state index in [1.807, 2.05) is 34.9 Å². The first-order chi connectivity index (χ1) is 36.5. The number of benzene rings is 2. The van der Waals surface area contributed by atoms with Crippen LogP contribution in [-0.4, -0.2) is 137 Å². The van der Waals surface area contributed by atoms with Gasteiger partial charge in [0.1, 0.15) is 11.2 Å². The minimum Gasteiger partial charge on any atom is -0.443 e. The van der Waals surface area contributed by atoms with Crippen LogP contribution < -0.4 is 5.46 Å². The molecule has 5 aliphatic rings. The highest BCUT2D eigenvalue weighted by atomic mass is 32.2. The third kappa shape index (κ3) is 15.0. The molecule has 4 aromatic rings. The molecule has 24 heteroatoms. The van der Waals surface area contributed by atoms with E-state index < -0.39 is 38.8 Å². The summed E-state index contributed by atoms with van der Waals surface area (Å²) in [5.74, 6) is 0.434. The monoisotopic (exact) mass is 1160 g/mol. The quantitative estimate of drug-likeness (QED) is 0.101. The molecular weight excluding hydrogens is 1080 g/mol. The molecule has 2 unspecified atom stereocenters. The number of likely N-dealkylation sites (tertiary alicyclic amines) is 2. The molecule has 4 atom stereocenters. The second kappa shape index (κ2) is 23.3. The summed E-state index contributed by atoms with van der Waals surface area (Å²) in [6.07, 6.45) is 6.19. The maximum absolute atomic E-state index is 12.9. The second-order valence-corrected chi connectivity index (χ2v) is 27.8. The van der Waals surface area contributed by atoms with Crippen molar-refractivity contribution >= 4 is 95.5 Å². The van der Waals surface area contributed by atoms with Crippen LogP contribution in [0.3, 0.4) is 0 Å². The first kappa shape index (κ1) is 61.3. The standard InChI is InChI=1S/C24H31N3O3S.C19H25BN2O3S.C12H18F3NO5S/c1-15-6-8-19(27(14-15)23(29)30-24(2,3)4)16-7-9-20-18(12-16)25-22(31-20)17-10-11-26(5)21(28)13-17;1-18(2)19(3,4)25-20(24-18)13-6-7-15-14(11-13)21-17(26-15)12-8-9-22(5)16(23)10-12;1-8-5-6-9(21-22(18,19)12(13,14)15)16(7-8)10(17)20-11(2,3)4/h7-9,12,15,17H,6,10-11,13-14H2,1-5H3;6-7,11-12H,8-10H2,1-5H3;6,8H,5,7H2,1-4H3/t15-,17?;;8-/m0.0/s1. The van der Waals surface area contributed by atoms with E-state index in [-0.39, 0.29) is 66.9 Å². The summed E-state index contributed by atoms with van der Waals surface area (Å²) in [6.45, 7) is 24.7. The van der Waals surface area contributed by atoms with Gasteiger partial charge in [-0.25, -0.2) is 24.5 Å². The van der Waals surface area contributed by atoms with Crippen LogP contribution in [0, 0.1) is 11.8 Å². The molecule has 2 aromatic carbocycles. The van der Waals surface area contributed by atoms with Crippen molar-refractivity contribution in [3.8, 4) is 0 Å². The van der Waals surface area contributed by atoms with Crippen molar-refractivity contribution in [1.29, 1.82) is 0 Å². The zero-order valence-corrected chi connectivity index (χ0v) is 50.1. The van der Waals surface area contributed by atoms with E-state index in [1.165, 1.54) is 0 Å². The summed E-state index contributed by atoms with van der Waals surface area (Å²) < 4.78 is 88.7. The summed E-state index contributed by atoms with van der Waals surface area (Å²) in [6, 6.07) is 12.4. The number of ether oxygens (including phenoxy) is 2. The number of amides is 4. The van der Waals surface area contributed by atoms with E-state index >= 15 is 0 Å². The van der Waals surface area contributed by atoms with E-state index in [0.29, 0.717) is 25.3 Å². The van der Waals surface area contributed by atoms with Crippen LogP contribution >= 0.6 is 22.7 Å². The van der Waals surface area contributed by atoms with Crippen molar-refractivity contribution in [3.05, 3.63) is 70.0 Å². The van der Waals surface area contributed by atoms with Crippen LogP contribution in [0.15, 0.2) is 54.4 Å². The Morgan fingerprint density at radius 2 is 1.16 bits per heavy atom. The zero-order chi connectivity index (χ0) is 58.4. The summed E-state index contributed by atoms with van der Waals surface area (Å²) in [5.41, 5.74) is -2.96. The molecule has 3 fully saturated rings. The van der Waals surface area contributed by atoms with Gasteiger partial charge in [-0.2, -0.15) is 21.6 Å². The Bertz CT molecular complexity index is 3090. The number of alkyl halides is 3. The number of allylic oxidation sites excluding steroid dienone is 2. The summed E-state index contributed by atoms with van der Waals surface area (Å²) in [4.78, 5) is 64.9. The average molecular weight is 1160 g/mol. The Morgan fingerprint density at radius 1 is 0.709 bits per heavy atom. The third-order valence-electron chi connectivity index (χ3n) is 14.3. The predicted octanol–water partition coefficient (Wildman–Crippen LogP) is 11.2. The number of nitrogens with zero attached hydrogens (tertiary/aromatic N) is 6. The number of thiazole rings is 2. The SMILES string of the molecule is CN1CCC(c2nc3cc(B4OC(C)(C)C(C)(C)O4)ccc3s2)CC1=O.C[C@H]1CC=C(OS(=O)(=O)C(F)(F)F)N(C(=O)OC(C)(C)C)C1.C[C@H]1CC=C(c2ccc3sc(C4CCN(C)C(=O)C4)nc3c2)N(C(=O)OC(C)(C)C)C1. The highest BCUT2D eigenvalue weighted by molar-refractivity contribution is 7.87. The maximum Gasteiger partial charge on any atom is 0.534 e. The molecule has 432 valence electrons. The number of hydrogen-bond donors (Lipinski definition) is 0. The Hall–Kier alpha value is -5.30. The molecule has 0 aliphatic carbocycles. The van der Waals surface area contributed by atoms with Gasteiger partial charge in [0.25, 0.3) is 0 Å². The van der Waals surface area contributed by atoms with Crippen molar-refractivity contribution in [2.75, 3.05) is 40.3 Å². The van der Waals surface area contributed by atoms with Crippen molar-refractivity contribution in [3.63, 3.8) is 0 Å². The second-order valence-electron chi connectivity index (χ2n) is 24.1. The number of rotatable bonds is 6. The largest absolute Gasteiger partial charge is 0.534 e. The number of halogens is 3. The van der Waals surface area contributed by atoms with E-state index in [2.05, 4.69) is 81.3 Å². The lowest BCUT2D eigenvalue weighted by Gasteiger charge is -2.33. The molecule has 3 saturated heterocycles. The zero-order valence-electron chi connectivity index (χ0n) is 47.6. The van der Waals surface area contributed by atoms with Gasteiger partial charge < -0.3 is 32.8 Å². The molecular formula is C55H74BF3N6O11S3. The molecule has 79 heavy (non-hydrogen) atoms. The maximum atomic E-state index is 12.9. The number of piperidine rings is 2. The van der Waals surface area contributed by atoms with Crippen LogP contribution in [0.2, 0.25) is 0 Å². The smallest absolute Gasteiger partial charge is 0.443 e. The highest BCUT2D eigenvalue weighted by Gasteiger charge is 2.52. The summed E-state index contributed by atoms with van der Waals surface area (Å²) in [5, 5.41) is 2.09. The first-order valence-corrected chi connectivity index (χ1v) is 29.6. The van der Waals surface area contributed by atoms with E-state index in [4.69, 9.17) is 28.8 Å². The Morgan fingerprint density at radius 3 is 1.65 bits per heavy atom. The normalized spacial score (nSPS) is 22.9. The van der Waals surface area contributed by atoms with Crippen LogP contribution in [-0.2, 0) is 42.7 Å². The van der Waals surface area contributed by atoms with E-state index in [9.17, 15) is 40.8 Å². The Labute approximate surface area is 470 Å². The van der Waals surface area contributed by atoms with Crippen molar-refractivity contribution in [2.45, 2.75) is 161 Å². The van der Waals surface area contributed by atoms with Crippen molar-refractivity contribution < 1.29 is 63.7 Å². The number of carbonyl (C=O) groups excluding carboxylic acids is 4. The fourth-order valence-corrected chi connectivity index (χ4v) is 11.8. The summed E-state index contributed by atoms with van der Waals surface area (Å²) in [7, 11) is -2.49. The molecule has 7 heterocycles. The first-order valence-electron chi connectivity index (χ1n) is 26.6. The van der Waals surface area contributed by atoms with Gasteiger partial charge in [-0.1, -0.05) is 32.1 Å². The fourth-order valence-electron chi connectivity index (χ4n) is 9.13. The number of aromatic nitrogens is 2. The predicted molar refractivity (Wildman–Crippen MR) is 300 cm³/mol. The Balaban J connectivity index is 0.000000174. The molecule has 0 N–H and O–H groups in total. The molecule has 5 aliphatic heterocycles. The van der Waals surface area contributed by atoms with Gasteiger partial charge in [0.05, 0.1) is 47.3 Å². The number of carbonyl (C=O) groups is 4. The van der Waals surface area contributed by atoms with Crippen LogP contribution in [0.1, 0.15) is 149 Å². The lowest BCUT2D eigenvalue weighted by Crippen LogP contribution is -2.42. The molecule has 0 radical (unpaired) electrons.